The maximum Gasteiger partial charge on any atom is 0.237 e. The number of carbonyl (C=O) groups excluding carboxylic acids is 3. The molecule has 0 saturated carbocycles. The summed E-state index contributed by atoms with van der Waals surface area (Å²) in [5, 5.41) is 3.13. The zero-order valence-electron chi connectivity index (χ0n) is 10.9. The van der Waals surface area contributed by atoms with Crippen LogP contribution in [0.5, 0.6) is 0 Å². The molecule has 8 heteroatoms. The van der Waals surface area contributed by atoms with E-state index in [2.05, 4.69) is 5.32 Å². The summed E-state index contributed by atoms with van der Waals surface area (Å²) in [6.45, 7) is 2.65. The number of hydrogen-bond donors (Lipinski definition) is 3. The molecule has 8 nitrogen and oxygen atoms in total. The molecule has 1 heterocycles. The van der Waals surface area contributed by atoms with Crippen LogP contribution >= 0.6 is 0 Å². The molecule has 1 rings (SSSR count). The third-order valence-corrected chi connectivity index (χ3v) is 2.87. The molecule has 2 atom stereocenters. The van der Waals surface area contributed by atoms with Crippen molar-refractivity contribution in [2.75, 3.05) is 32.8 Å². The lowest BCUT2D eigenvalue weighted by molar-refractivity contribution is -0.141. The predicted octanol–water partition coefficient (Wildman–Crippen LogP) is -2.59. The number of carbonyl (C=O) groups is 3. The van der Waals surface area contributed by atoms with Crippen molar-refractivity contribution < 1.29 is 19.1 Å². The van der Waals surface area contributed by atoms with Crippen LogP contribution in [0.1, 0.15) is 6.92 Å². The first-order chi connectivity index (χ1) is 8.95. The summed E-state index contributed by atoms with van der Waals surface area (Å²) in [6.07, 6.45) is 0. The zero-order valence-corrected chi connectivity index (χ0v) is 10.9. The number of hydrogen-bond acceptors (Lipinski definition) is 5. The van der Waals surface area contributed by atoms with Crippen LogP contribution in [0.4, 0.5) is 0 Å². The fourth-order valence-electron chi connectivity index (χ4n) is 2.08. The van der Waals surface area contributed by atoms with Crippen LogP contribution in [0.3, 0.4) is 0 Å². The lowest BCUT2D eigenvalue weighted by Gasteiger charge is -2.25. The Balaban J connectivity index is 2.73. The summed E-state index contributed by atoms with van der Waals surface area (Å²) < 4.78 is 5.26. The van der Waals surface area contributed by atoms with Crippen LogP contribution in [0.2, 0.25) is 0 Å². The Morgan fingerprint density at radius 2 is 1.79 bits per heavy atom. The Morgan fingerprint density at radius 1 is 1.21 bits per heavy atom. The minimum absolute atomic E-state index is 0.124. The van der Waals surface area contributed by atoms with Gasteiger partial charge in [0.1, 0.15) is 0 Å². The summed E-state index contributed by atoms with van der Waals surface area (Å²) in [6, 6.07) is -0.124. The second-order valence-corrected chi connectivity index (χ2v) is 4.44. The fourth-order valence-corrected chi connectivity index (χ4v) is 2.08. The topological polar surface area (TPSA) is 128 Å². The van der Waals surface area contributed by atoms with Crippen molar-refractivity contribution in [1.29, 1.82) is 0 Å². The SMILES string of the molecule is CCNC1COCC1C(=O)N(CC(N)=O)CC(N)=O. The van der Waals surface area contributed by atoms with E-state index in [0.29, 0.717) is 13.2 Å². The van der Waals surface area contributed by atoms with Gasteiger partial charge in [-0.1, -0.05) is 6.92 Å². The van der Waals surface area contributed by atoms with E-state index in [4.69, 9.17) is 16.2 Å². The van der Waals surface area contributed by atoms with Gasteiger partial charge in [-0.3, -0.25) is 14.4 Å². The molecule has 0 radical (unpaired) electrons. The molecule has 1 fully saturated rings. The third kappa shape index (κ3) is 4.49. The first kappa shape index (κ1) is 15.4. The van der Waals surface area contributed by atoms with Crippen molar-refractivity contribution in [1.82, 2.24) is 10.2 Å². The molecule has 1 aliphatic heterocycles. The summed E-state index contributed by atoms with van der Waals surface area (Å²) in [4.78, 5) is 35.3. The molecule has 2 unspecified atom stereocenters. The predicted molar refractivity (Wildman–Crippen MR) is 66.7 cm³/mol. The van der Waals surface area contributed by atoms with E-state index in [9.17, 15) is 14.4 Å². The third-order valence-electron chi connectivity index (χ3n) is 2.87. The number of primary amides is 2. The van der Waals surface area contributed by atoms with Crippen LogP contribution in [-0.4, -0.2) is 61.5 Å². The molecule has 0 aromatic carbocycles. The molecule has 1 aliphatic rings. The van der Waals surface area contributed by atoms with E-state index in [1.165, 1.54) is 0 Å². The highest BCUT2D eigenvalue weighted by atomic mass is 16.5. The van der Waals surface area contributed by atoms with Gasteiger partial charge in [0, 0.05) is 6.04 Å². The molecule has 19 heavy (non-hydrogen) atoms. The second kappa shape index (κ2) is 7.05. The van der Waals surface area contributed by atoms with Gasteiger partial charge < -0.3 is 26.4 Å². The van der Waals surface area contributed by atoms with Gasteiger partial charge >= 0.3 is 0 Å². The summed E-state index contributed by atoms with van der Waals surface area (Å²) in [5.41, 5.74) is 10.1. The van der Waals surface area contributed by atoms with Crippen LogP contribution in [0.25, 0.3) is 0 Å². The molecular weight excluding hydrogens is 252 g/mol. The highest BCUT2D eigenvalue weighted by Gasteiger charge is 2.36. The number of nitrogens with zero attached hydrogens (tertiary/aromatic N) is 1. The lowest BCUT2D eigenvalue weighted by Crippen LogP contribution is -2.50. The molecule has 0 aromatic rings. The lowest BCUT2D eigenvalue weighted by atomic mass is 10.0. The van der Waals surface area contributed by atoms with E-state index >= 15 is 0 Å². The molecule has 1 saturated heterocycles. The van der Waals surface area contributed by atoms with Gasteiger partial charge in [0.05, 0.1) is 32.2 Å². The van der Waals surface area contributed by atoms with Crippen LogP contribution < -0.4 is 16.8 Å². The Morgan fingerprint density at radius 3 is 2.26 bits per heavy atom. The Kier molecular flexibility index (Phi) is 5.71. The zero-order chi connectivity index (χ0) is 14.4. The van der Waals surface area contributed by atoms with Gasteiger partial charge in [0.25, 0.3) is 0 Å². The Bertz CT molecular complexity index is 345. The van der Waals surface area contributed by atoms with E-state index in [-0.39, 0.29) is 31.6 Å². The Labute approximate surface area is 111 Å². The van der Waals surface area contributed by atoms with Gasteiger partial charge in [0.2, 0.25) is 17.7 Å². The van der Waals surface area contributed by atoms with E-state index in [0.717, 1.165) is 4.90 Å². The molecular formula is C11H20N4O4. The van der Waals surface area contributed by atoms with Crippen molar-refractivity contribution in [3.8, 4) is 0 Å². The monoisotopic (exact) mass is 272 g/mol. The normalized spacial score (nSPS) is 22.2. The molecule has 0 aliphatic carbocycles. The first-order valence-corrected chi connectivity index (χ1v) is 6.12. The van der Waals surface area contributed by atoms with Gasteiger partial charge in [-0.15, -0.1) is 0 Å². The maximum atomic E-state index is 12.3. The van der Waals surface area contributed by atoms with Gasteiger partial charge in [-0.05, 0) is 6.54 Å². The standard InChI is InChI=1S/C11H20N4O4/c1-2-14-8-6-19-5-7(8)11(18)15(3-9(12)16)4-10(13)17/h7-8,14H,2-6H2,1H3,(H2,12,16)(H2,13,17). The number of likely N-dealkylation sites (N-methyl/N-ethyl adjacent to an activating group) is 1. The maximum absolute atomic E-state index is 12.3. The van der Waals surface area contributed by atoms with Gasteiger partial charge in [-0.2, -0.15) is 0 Å². The van der Waals surface area contributed by atoms with Crippen molar-refractivity contribution in [2.45, 2.75) is 13.0 Å². The summed E-state index contributed by atoms with van der Waals surface area (Å²) in [7, 11) is 0. The van der Waals surface area contributed by atoms with Crippen LogP contribution in [-0.2, 0) is 19.1 Å². The van der Waals surface area contributed by atoms with Crippen molar-refractivity contribution in [3.05, 3.63) is 0 Å². The highest BCUT2D eigenvalue weighted by molar-refractivity contribution is 5.89. The minimum Gasteiger partial charge on any atom is -0.379 e. The van der Waals surface area contributed by atoms with Crippen LogP contribution in [0, 0.1) is 5.92 Å². The molecule has 108 valence electrons. The molecule has 0 bridgehead atoms. The number of nitrogens with one attached hydrogen (secondary N) is 1. The number of ether oxygens (including phenoxy) is 1. The van der Waals surface area contributed by atoms with Crippen molar-refractivity contribution in [2.24, 2.45) is 17.4 Å². The molecule has 0 spiro atoms. The smallest absolute Gasteiger partial charge is 0.237 e. The highest BCUT2D eigenvalue weighted by Crippen LogP contribution is 2.16. The molecule has 5 N–H and O–H groups in total. The van der Waals surface area contributed by atoms with E-state index in [1.54, 1.807) is 0 Å². The molecule has 0 aromatic heterocycles. The Hall–Kier alpha value is -1.67. The number of amides is 3. The van der Waals surface area contributed by atoms with E-state index in [1.807, 2.05) is 6.92 Å². The number of nitrogens with two attached hydrogens (primary N) is 2. The minimum atomic E-state index is -0.687. The van der Waals surface area contributed by atoms with E-state index < -0.39 is 17.7 Å². The van der Waals surface area contributed by atoms with Crippen LogP contribution in [0.15, 0.2) is 0 Å². The number of rotatable bonds is 7. The average molecular weight is 272 g/mol. The quantitative estimate of drug-likeness (QED) is 0.468. The first-order valence-electron chi connectivity index (χ1n) is 6.12. The average Bonchev–Trinajstić information content (AvgIpc) is 2.74. The van der Waals surface area contributed by atoms with Crippen molar-refractivity contribution in [3.63, 3.8) is 0 Å². The molecule has 3 amide bonds. The van der Waals surface area contributed by atoms with Gasteiger partial charge in [0.15, 0.2) is 0 Å². The van der Waals surface area contributed by atoms with Gasteiger partial charge in [-0.25, -0.2) is 0 Å². The summed E-state index contributed by atoms with van der Waals surface area (Å²) >= 11 is 0. The van der Waals surface area contributed by atoms with Crippen molar-refractivity contribution >= 4 is 17.7 Å². The fraction of sp³-hybridized carbons (Fsp3) is 0.727. The largest absolute Gasteiger partial charge is 0.379 e. The second-order valence-electron chi connectivity index (χ2n) is 4.44. The summed E-state index contributed by atoms with van der Waals surface area (Å²) in [5.74, 6) is -2.15.